The maximum Gasteiger partial charge on any atom is 0.274 e. The number of anilines is 1. The van der Waals surface area contributed by atoms with E-state index in [0.717, 1.165) is 21.4 Å². The summed E-state index contributed by atoms with van der Waals surface area (Å²) in [5, 5.41) is 0.904. The molecule has 0 amide bonds. The minimum atomic E-state index is -0.0226. The molecule has 0 saturated carbocycles. The Labute approximate surface area is 167 Å². The molecule has 4 rings (SSSR count). The van der Waals surface area contributed by atoms with Crippen LogP contribution in [0.15, 0.2) is 70.6 Å². The molecule has 4 aromatic rings. The van der Waals surface area contributed by atoms with Crippen LogP contribution in [0.5, 0.6) is 11.5 Å². The number of aryl methyl sites for hydroxylation is 2. The van der Waals surface area contributed by atoms with Gasteiger partial charge in [0.15, 0.2) is 0 Å². The van der Waals surface area contributed by atoms with Gasteiger partial charge in [0.1, 0.15) is 17.0 Å². The van der Waals surface area contributed by atoms with Crippen molar-refractivity contribution in [3.63, 3.8) is 0 Å². The summed E-state index contributed by atoms with van der Waals surface area (Å²) in [6, 6.07) is 15.4. The Hall–Kier alpha value is -3.12. The summed E-state index contributed by atoms with van der Waals surface area (Å²) in [6.07, 6.45) is 5.82. The zero-order valence-corrected chi connectivity index (χ0v) is 16.8. The van der Waals surface area contributed by atoms with E-state index in [1.54, 1.807) is 29.4 Å². The molecule has 0 aliphatic rings. The number of hydrogen-bond acceptors (Lipinski definition) is 4. The smallest absolute Gasteiger partial charge is 0.274 e. The van der Waals surface area contributed by atoms with Gasteiger partial charge in [-0.2, -0.15) is 0 Å². The van der Waals surface area contributed by atoms with Gasteiger partial charge < -0.3 is 19.6 Å². The highest BCUT2D eigenvalue weighted by Gasteiger charge is 2.16. The van der Waals surface area contributed by atoms with Crippen LogP contribution in [0.4, 0.5) is 5.69 Å². The summed E-state index contributed by atoms with van der Waals surface area (Å²) < 4.78 is 9.66. The molecular weight excluding hydrogens is 370 g/mol. The Morgan fingerprint density at radius 3 is 2.57 bits per heavy atom. The summed E-state index contributed by atoms with van der Waals surface area (Å²) in [6.45, 7) is 0. The summed E-state index contributed by atoms with van der Waals surface area (Å²) in [4.78, 5) is 13.7. The lowest BCUT2D eigenvalue weighted by Crippen LogP contribution is -2.18. The van der Waals surface area contributed by atoms with Gasteiger partial charge in [-0.15, -0.1) is 11.8 Å². The van der Waals surface area contributed by atoms with Gasteiger partial charge >= 0.3 is 0 Å². The van der Waals surface area contributed by atoms with Crippen molar-refractivity contribution in [1.29, 1.82) is 0 Å². The molecule has 28 heavy (non-hydrogen) atoms. The maximum absolute atomic E-state index is 12.6. The van der Waals surface area contributed by atoms with Crippen LogP contribution in [0.25, 0.3) is 22.0 Å². The van der Waals surface area contributed by atoms with Crippen molar-refractivity contribution in [1.82, 2.24) is 9.13 Å². The number of nitrogen functional groups attached to an aromatic ring is 1. The minimum absolute atomic E-state index is 0.0226. The molecule has 142 valence electrons. The predicted octanol–water partition coefficient (Wildman–Crippen LogP) is 4.64. The number of rotatable bonds is 4. The molecule has 0 radical (unpaired) electrons. The number of pyridine rings is 1. The Morgan fingerprint density at radius 1 is 1.00 bits per heavy atom. The normalized spacial score (nSPS) is 11.1. The molecule has 2 aromatic carbocycles. The highest BCUT2D eigenvalue weighted by molar-refractivity contribution is 7.98. The van der Waals surface area contributed by atoms with Crippen LogP contribution in [0.2, 0.25) is 0 Å². The van der Waals surface area contributed by atoms with Gasteiger partial charge in [-0.3, -0.25) is 4.79 Å². The van der Waals surface area contributed by atoms with Crippen molar-refractivity contribution in [2.24, 2.45) is 14.1 Å². The van der Waals surface area contributed by atoms with Crippen LogP contribution >= 0.6 is 11.8 Å². The molecule has 0 aliphatic heterocycles. The molecule has 0 unspecified atom stereocenters. The third-order valence-corrected chi connectivity index (χ3v) is 5.50. The topological polar surface area (TPSA) is 62.2 Å². The second-order valence-electron chi connectivity index (χ2n) is 6.68. The van der Waals surface area contributed by atoms with Crippen molar-refractivity contribution >= 4 is 28.4 Å². The van der Waals surface area contributed by atoms with Crippen LogP contribution in [0, 0.1) is 0 Å². The average Bonchev–Trinajstić information content (AvgIpc) is 3.07. The maximum atomic E-state index is 12.6. The molecule has 0 fully saturated rings. The van der Waals surface area contributed by atoms with Crippen LogP contribution < -0.4 is 16.0 Å². The number of thioether (sulfide) groups is 1. The predicted molar refractivity (Wildman–Crippen MR) is 116 cm³/mol. The monoisotopic (exact) mass is 391 g/mol. The first kappa shape index (κ1) is 18.3. The molecule has 6 heteroatoms. The first-order valence-electron chi connectivity index (χ1n) is 8.84. The van der Waals surface area contributed by atoms with E-state index >= 15 is 0 Å². The van der Waals surface area contributed by atoms with E-state index in [1.807, 2.05) is 66.7 Å². The zero-order valence-electron chi connectivity index (χ0n) is 16.0. The molecule has 2 heterocycles. The second kappa shape index (κ2) is 7.13. The molecule has 0 saturated heterocycles. The standard InChI is InChI=1S/C22H21N3O2S/c1-24-10-9-17-19(13-25(2)22(26)21(17)24)18-12-16(28-3)7-8-20(18)27-15-6-4-5-14(23)11-15/h4-13H,23H2,1-3H3. The van der Waals surface area contributed by atoms with Gasteiger partial charge in [-0.05, 0) is 42.7 Å². The van der Waals surface area contributed by atoms with Crippen LogP contribution in [0.1, 0.15) is 0 Å². The van der Waals surface area contributed by atoms with E-state index in [0.29, 0.717) is 22.7 Å². The van der Waals surface area contributed by atoms with Crippen LogP contribution in [0.3, 0.4) is 0 Å². The van der Waals surface area contributed by atoms with Crippen LogP contribution in [-0.2, 0) is 14.1 Å². The van der Waals surface area contributed by atoms with Gasteiger partial charge in [-0.25, -0.2) is 0 Å². The SMILES string of the molecule is CSc1ccc(Oc2cccc(N)c2)c(-c2cn(C)c(=O)c3c2ccn3C)c1. The number of nitrogens with two attached hydrogens (primary N) is 1. The molecule has 2 N–H and O–H groups in total. The van der Waals surface area contributed by atoms with E-state index < -0.39 is 0 Å². The lowest BCUT2D eigenvalue weighted by atomic mass is 10.0. The van der Waals surface area contributed by atoms with Crippen molar-refractivity contribution in [2.45, 2.75) is 4.90 Å². The number of hydrogen-bond donors (Lipinski definition) is 1. The first-order valence-corrected chi connectivity index (χ1v) is 10.1. The third-order valence-electron chi connectivity index (χ3n) is 4.77. The number of benzene rings is 2. The average molecular weight is 391 g/mol. The van der Waals surface area contributed by atoms with E-state index in [1.165, 1.54) is 0 Å². The number of aromatic nitrogens is 2. The van der Waals surface area contributed by atoms with Gasteiger partial charge in [0.25, 0.3) is 5.56 Å². The highest BCUT2D eigenvalue weighted by Crippen LogP contribution is 2.39. The molecule has 0 atom stereocenters. The summed E-state index contributed by atoms with van der Waals surface area (Å²) in [7, 11) is 3.66. The fraction of sp³-hybridized carbons (Fsp3) is 0.136. The number of nitrogens with zero attached hydrogens (tertiary/aromatic N) is 2. The lowest BCUT2D eigenvalue weighted by molar-refractivity contribution is 0.484. The summed E-state index contributed by atoms with van der Waals surface area (Å²) in [5.74, 6) is 1.39. The van der Waals surface area contributed by atoms with E-state index in [9.17, 15) is 4.79 Å². The molecule has 0 spiro atoms. The van der Waals surface area contributed by atoms with Crippen molar-refractivity contribution < 1.29 is 4.74 Å². The molecule has 0 bridgehead atoms. The lowest BCUT2D eigenvalue weighted by Gasteiger charge is -2.15. The summed E-state index contributed by atoms with van der Waals surface area (Å²) in [5.41, 5.74) is 9.07. The molecule has 0 aliphatic carbocycles. The molecule has 2 aromatic heterocycles. The van der Waals surface area contributed by atoms with E-state index in [-0.39, 0.29) is 5.56 Å². The number of fused-ring (bicyclic) bond motifs is 1. The fourth-order valence-electron chi connectivity index (χ4n) is 3.36. The Kier molecular flexibility index (Phi) is 4.65. The van der Waals surface area contributed by atoms with Gasteiger partial charge in [-0.1, -0.05) is 6.07 Å². The largest absolute Gasteiger partial charge is 0.457 e. The Morgan fingerprint density at radius 2 is 1.82 bits per heavy atom. The van der Waals surface area contributed by atoms with Gasteiger partial charge in [0, 0.05) is 59.7 Å². The fourth-order valence-corrected chi connectivity index (χ4v) is 3.80. The third kappa shape index (κ3) is 3.16. The van der Waals surface area contributed by atoms with Gasteiger partial charge in [0.2, 0.25) is 0 Å². The first-order chi connectivity index (χ1) is 13.5. The van der Waals surface area contributed by atoms with Crippen molar-refractivity contribution in [2.75, 3.05) is 12.0 Å². The zero-order chi connectivity index (χ0) is 19.8. The summed E-state index contributed by atoms with van der Waals surface area (Å²) >= 11 is 1.66. The number of ether oxygens (including phenoxy) is 1. The Balaban J connectivity index is 1.96. The van der Waals surface area contributed by atoms with Crippen molar-refractivity contribution in [3.8, 4) is 22.6 Å². The van der Waals surface area contributed by atoms with Crippen molar-refractivity contribution in [3.05, 3.63) is 71.3 Å². The van der Waals surface area contributed by atoms with E-state index in [4.69, 9.17) is 10.5 Å². The highest BCUT2D eigenvalue weighted by atomic mass is 32.2. The minimum Gasteiger partial charge on any atom is -0.457 e. The molecular formula is C22H21N3O2S. The quantitative estimate of drug-likeness (QED) is 0.407. The second-order valence-corrected chi connectivity index (χ2v) is 7.56. The van der Waals surface area contributed by atoms with Gasteiger partial charge in [0.05, 0.1) is 0 Å². The molecule has 5 nitrogen and oxygen atoms in total. The Bertz CT molecular complexity index is 1240. The van der Waals surface area contributed by atoms with E-state index in [2.05, 4.69) is 6.07 Å². The van der Waals surface area contributed by atoms with Crippen LogP contribution in [-0.4, -0.2) is 15.4 Å².